The highest BCUT2D eigenvalue weighted by Gasteiger charge is 2.16. The van der Waals surface area contributed by atoms with Gasteiger partial charge in [-0.1, -0.05) is 30.3 Å². The number of halogens is 1. The lowest BCUT2D eigenvalue weighted by molar-refractivity contribution is 0.624. The Bertz CT molecular complexity index is 1050. The molecule has 1 aromatic heterocycles. The Morgan fingerprint density at radius 1 is 1.12 bits per heavy atom. The maximum Gasteiger partial charge on any atom is 0.123 e. The molecule has 1 radical (unpaired) electrons. The van der Waals surface area contributed by atoms with Crippen molar-refractivity contribution in [3.8, 4) is 0 Å². The fourth-order valence-electron chi connectivity index (χ4n) is 3.39. The van der Waals surface area contributed by atoms with Crippen molar-refractivity contribution in [2.75, 3.05) is 6.26 Å². The van der Waals surface area contributed by atoms with Crippen molar-refractivity contribution < 1.29 is 4.39 Å². The SMILES string of the molecule is CSc1[c]cc(C)c2c3ccccc3n(Cc3cccc(F)c3)c12. The number of nitrogens with zero attached hydrogens (tertiary/aromatic N) is 1. The minimum Gasteiger partial charge on any atom is -0.335 e. The monoisotopic (exact) mass is 334 g/mol. The summed E-state index contributed by atoms with van der Waals surface area (Å²) in [7, 11) is 0. The van der Waals surface area contributed by atoms with Crippen LogP contribution in [0.2, 0.25) is 0 Å². The van der Waals surface area contributed by atoms with Crippen molar-refractivity contribution >= 4 is 33.6 Å². The lowest BCUT2D eigenvalue weighted by Crippen LogP contribution is -2.00. The number of hydrogen-bond acceptors (Lipinski definition) is 1. The molecule has 0 bridgehead atoms. The Kier molecular flexibility index (Phi) is 3.81. The van der Waals surface area contributed by atoms with Crippen molar-refractivity contribution in [2.24, 2.45) is 0 Å². The van der Waals surface area contributed by atoms with Gasteiger partial charge in [-0.25, -0.2) is 4.39 Å². The summed E-state index contributed by atoms with van der Waals surface area (Å²) >= 11 is 1.70. The van der Waals surface area contributed by atoms with Gasteiger partial charge in [0.15, 0.2) is 0 Å². The molecule has 1 nitrogen and oxygen atoms in total. The molecule has 0 unspecified atom stereocenters. The van der Waals surface area contributed by atoms with E-state index < -0.39 is 0 Å². The third-order valence-electron chi connectivity index (χ3n) is 4.43. The summed E-state index contributed by atoms with van der Waals surface area (Å²) in [6.07, 6.45) is 2.07. The van der Waals surface area contributed by atoms with Gasteiger partial charge < -0.3 is 4.57 Å². The number of benzene rings is 3. The first-order chi connectivity index (χ1) is 11.7. The molecule has 3 heteroatoms. The van der Waals surface area contributed by atoms with Crippen LogP contribution < -0.4 is 0 Å². The van der Waals surface area contributed by atoms with E-state index in [1.807, 2.05) is 6.07 Å². The Labute approximate surface area is 145 Å². The minimum atomic E-state index is -0.193. The van der Waals surface area contributed by atoms with Gasteiger partial charge in [-0.05, 0) is 54.6 Å². The summed E-state index contributed by atoms with van der Waals surface area (Å²) in [5.41, 5.74) is 4.55. The topological polar surface area (TPSA) is 4.93 Å². The summed E-state index contributed by atoms with van der Waals surface area (Å²) in [5.74, 6) is -0.193. The Morgan fingerprint density at radius 2 is 1.96 bits per heavy atom. The zero-order chi connectivity index (χ0) is 16.7. The maximum atomic E-state index is 13.6. The zero-order valence-electron chi connectivity index (χ0n) is 13.6. The van der Waals surface area contributed by atoms with E-state index in [2.05, 4.69) is 54.1 Å². The fourth-order valence-corrected chi connectivity index (χ4v) is 3.97. The molecule has 0 saturated heterocycles. The molecule has 4 aromatic rings. The highest BCUT2D eigenvalue weighted by atomic mass is 32.2. The number of hydrogen-bond donors (Lipinski definition) is 0. The lowest BCUT2D eigenvalue weighted by Gasteiger charge is -2.11. The first-order valence-electron chi connectivity index (χ1n) is 7.89. The van der Waals surface area contributed by atoms with Gasteiger partial charge in [-0.15, -0.1) is 11.8 Å². The van der Waals surface area contributed by atoms with Crippen LogP contribution in [0.1, 0.15) is 11.1 Å². The molecule has 0 aliphatic heterocycles. The van der Waals surface area contributed by atoms with Gasteiger partial charge in [-0.2, -0.15) is 0 Å². The quantitative estimate of drug-likeness (QED) is 0.428. The van der Waals surface area contributed by atoms with Crippen molar-refractivity contribution in [3.63, 3.8) is 0 Å². The number of thioether (sulfide) groups is 1. The minimum absolute atomic E-state index is 0.193. The Morgan fingerprint density at radius 3 is 2.75 bits per heavy atom. The van der Waals surface area contributed by atoms with Crippen molar-refractivity contribution in [2.45, 2.75) is 18.4 Å². The molecule has 1 heterocycles. The lowest BCUT2D eigenvalue weighted by atomic mass is 10.1. The first-order valence-corrected chi connectivity index (χ1v) is 9.12. The molecular formula is C21H17FNS. The summed E-state index contributed by atoms with van der Waals surface area (Å²) in [5, 5.41) is 2.51. The number of rotatable bonds is 3. The predicted octanol–water partition coefficient (Wildman–Crippen LogP) is 5.81. The van der Waals surface area contributed by atoms with Crippen LogP contribution in [0.15, 0.2) is 59.5 Å². The Hall–Kier alpha value is -2.26. The van der Waals surface area contributed by atoms with Crippen LogP contribution in [-0.4, -0.2) is 10.8 Å². The zero-order valence-corrected chi connectivity index (χ0v) is 14.5. The van der Waals surface area contributed by atoms with E-state index in [9.17, 15) is 4.39 Å². The molecule has 0 atom stereocenters. The van der Waals surface area contributed by atoms with Gasteiger partial charge in [0.1, 0.15) is 5.82 Å². The highest BCUT2D eigenvalue weighted by molar-refractivity contribution is 7.98. The van der Waals surface area contributed by atoms with Gasteiger partial charge in [0.2, 0.25) is 0 Å². The van der Waals surface area contributed by atoms with E-state index in [0.717, 1.165) is 10.5 Å². The van der Waals surface area contributed by atoms with E-state index >= 15 is 0 Å². The van der Waals surface area contributed by atoms with E-state index in [4.69, 9.17) is 0 Å². The number of fused-ring (bicyclic) bond motifs is 3. The van der Waals surface area contributed by atoms with Crippen molar-refractivity contribution in [1.82, 2.24) is 4.57 Å². The maximum absolute atomic E-state index is 13.6. The van der Waals surface area contributed by atoms with E-state index in [-0.39, 0.29) is 5.82 Å². The van der Waals surface area contributed by atoms with Crippen LogP contribution >= 0.6 is 11.8 Å². The highest BCUT2D eigenvalue weighted by Crippen LogP contribution is 2.37. The average molecular weight is 334 g/mol. The second-order valence-corrected chi connectivity index (χ2v) is 6.78. The smallest absolute Gasteiger partial charge is 0.123 e. The fraction of sp³-hybridized carbons (Fsp3) is 0.143. The van der Waals surface area contributed by atoms with Crippen LogP contribution in [0.25, 0.3) is 21.8 Å². The predicted molar refractivity (Wildman–Crippen MR) is 100 cm³/mol. The normalized spacial score (nSPS) is 11.5. The molecule has 0 N–H and O–H groups in total. The number of aromatic nitrogens is 1. The number of para-hydroxylation sites is 1. The molecule has 0 amide bonds. The van der Waals surface area contributed by atoms with Crippen LogP contribution in [0.3, 0.4) is 0 Å². The van der Waals surface area contributed by atoms with Crippen LogP contribution in [0, 0.1) is 18.8 Å². The van der Waals surface area contributed by atoms with Crippen LogP contribution in [0.5, 0.6) is 0 Å². The molecule has 4 rings (SSSR count). The third-order valence-corrected chi connectivity index (χ3v) is 5.15. The molecule has 0 fully saturated rings. The second-order valence-electron chi connectivity index (χ2n) is 5.96. The molecule has 3 aromatic carbocycles. The van der Waals surface area contributed by atoms with Gasteiger partial charge in [0.05, 0.1) is 5.52 Å². The largest absolute Gasteiger partial charge is 0.335 e. The molecule has 0 spiro atoms. The molecule has 24 heavy (non-hydrogen) atoms. The van der Waals surface area contributed by atoms with Crippen molar-refractivity contribution in [3.05, 3.63) is 77.6 Å². The van der Waals surface area contributed by atoms with Gasteiger partial charge in [-0.3, -0.25) is 0 Å². The van der Waals surface area contributed by atoms with E-state index in [1.54, 1.807) is 23.9 Å². The third kappa shape index (κ3) is 2.40. The van der Waals surface area contributed by atoms with Gasteiger partial charge in [0.25, 0.3) is 0 Å². The van der Waals surface area contributed by atoms with Gasteiger partial charge in [0, 0.05) is 27.7 Å². The van der Waals surface area contributed by atoms with Crippen molar-refractivity contribution in [1.29, 1.82) is 0 Å². The summed E-state index contributed by atoms with van der Waals surface area (Å²) in [6.45, 7) is 2.77. The summed E-state index contributed by atoms with van der Waals surface area (Å²) < 4.78 is 15.9. The van der Waals surface area contributed by atoms with Gasteiger partial charge >= 0.3 is 0 Å². The average Bonchev–Trinajstić information content (AvgIpc) is 2.91. The summed E-state index contributed by atoms with van der Waals surface area (Å²) in [6, 6.07) is 20.7. The molecule has 119 valence electrons. The van der Waals surface area contributed by atoms with Crippen LogP contribution in [-0.2, 0) is 6.54 Å². The molecule has 0 saturated carbocycles. The summed E-state index contributed by atoms with van der Waals surface area (Å²) in [4.78, 5) is 1.13. The Balaban J connectivity index is 2.06. The molecule has 0 aliphatic rings. The van der Waals surface area contributed by atoms with E-state index in [1.165, 1.54) is 33.4 Å². The first kappa shape index (κ1) is 15.3. The second kappa shape index (κ2) is 5.99. The van der Waals surface area contributed by atoms with Crippen LogP contribution in [0.4, 0.5) is 4.39 Å². The molecular weight excluding hydrogens is 317 g/mol. The number of aryl methyl sites for hydroxylation is 1. The molecule has 0 aliphatic carbocycles. The van der Waals surface area contributed by atoms with E-state index in [0.29, 0.717) is 6.54 Å². The standard InChI is InChI=1S/C21H17FNS/c1-14-10-11-19(24-2)21-20(14)17-8-3-4-9-18(17)23(21)13-15-6-5-7-16(22)12-15/h3-10,12H,13H2,1-2H3.